The Balaban J connectivity index is 1.23. The van der Waals surface area contributed by atoms with Gasteiger partial charge in [0, 0.05) is 23.0 Å². The summed E-state index contributed by atoms with van der Waals surface area (Å²) < 4.78 is 23.3. The number of rotatable bonds is 6. The third-order valence-electron chi connectivity index (χ3n) is 5.35. The molecule has 4 rings (SSSR count). The van der Waals surface area contributed by atoms with Gasteiger partial charge in [0.05, 0.1) is 17.5 Å². The number of benzene rings is 1. The molecule has 2 atom stereocenters. The monoisotopic (exact) mass is 422 g/mol. The van der Waals surface area contributed by atoms with Gasteiger partial charge in [-0.05, 0) is 63.2 Å². The Bertz CT molecular complexity index is 848. The molecule has 1 aromatic rings. The number of hydrogen-bond donors (Lipinski definition) is 2. The molecule has 2 saturated heterocycles. The lowest BCUT2D eigenvalue weighted by Crippen LogP contribution is -2.28. The van der Waals surface area contributed by atoms with Gasteiger partial charge in [-0.25, -0.2) is 8.42 Å². The summed E-state index contributed by atoms with van der Waals surface area (Å²) in [5, 5.41) is 6.99. The lowest BCUT2D eigenvalue weighted by atomic mass is 10.2. The number of fused-ring (bicyclic) bond motifs is 1. The van der Waals surface area contributed by atoms with E-state index < -0.39 is 9.84 Å². The quantitative estimate of drug-likeness (QED) is 0.677. The minimum atomic E-state index is -2.93. The molecule has 1 aromatic carbocycles. The summed E-state index contributed by atoms with van der Waals surface area (Å²) in [6, 6.07) is 7.16. The highest BCUT2D eigenvalue weighted by Crippen LogP contribution is 2.34. The summed E-state index contributed by atoms with van der Waals surface area (Å²) in [6.07, 6.45) is 3.55. The van der Waals surface area contributed by atoms with Gasteiger partial charge in [-0.15, -0.1) is 0 Å². The predicted molar refractivity (Wildman–Crippen MR) is 114 cm³/mol. The summed E-state index contributed by atoms with van der Waals surface area (Å²) in [7, 11) is -2.93. The first-order valence-electron chi connectivity index (χ1n) is 9.81. The van der Waals surface area contributed by atoms with Gasteiger partial charge in [0.1, 0.15) is 0 Å². The summed E-state index contributed by atoms with van der Waals surface area (Å²) in [5.74, 6) is 0.293. The topological polar surface area (TPSA) is 90.9 Å². The second kappa shape index (κ2) is 8.42. The van der Waals surface area contributed by atoms with E-state index in [1.54, 1.807) is 12.1 Å². The maximum Gasteiger partial charge on any atom is 0.251 e. The zero-order valence-corrected chi connectivity index (χ0v) is 17.4. The van der Waals surface area contributed by atoms with Crippen molar-refractivity contribution in [1.82, 2.24) is 10.2 Å². The van der Waals surface area contributed by atoms with Crippen molar-refractivity contribution in [3.05, 3.63) is 29.8 Å². The minimum absolute atomic E-state index is 0.0260. The SMILES string of the molecule is O=C(NCCCN1CCCC1)c1ccc(NC2=NC3CS(=O)(=O)CC3S2)cc1. The van der Waals surface area contributed by atoms with Crippen molar-refractivity contribution in [2.45, 2.75) is 30.6 Å². The van der Waals surface area contributed by atoms with Crippen LogP contribution in [0.5, 0.6) is 0 Å². The van der Waals surface area contributed by atoms with Crippen LogP contribution in [0.15, 0.2) is 29.3 Å². The zero-order valence-electron chi connectivity index (χ0n) is 15.8. The molecule has 0 aromatic heterocycles. The largest absolute Gasteiger partial charge is 0.352 e. The number of sulfone groups is 1. The van der Waals surface area contributed by atoms with Gasteiger partial charge in [-0.2, -0.15) is 0 Å². The Morgan fingerprint density at radius 3 is 2.64 bits per heavy atom. The normalized spacial score (nSPS) is 26.1. The smallest absolute Gasteiger partial charge is 0.251 e. The van der Waals surface area contributed by atoms with Crippen LogP contribution in [0.25, 0.3) is 0 Å². The molecule has 2 unspecified atom stereocenters. The third-order valence-corrected chi connectivity index (χ3v) is 8.49. The van der Waals surface area contributed by atoms with Gasteiger partial charge in [0.25, 0.3) is 5.91 Å². The number of aliphatic imine (C=N–C) groups is 1. The average molecular weight is 423 g/mol. The third kappa shape index (κ3) is 4.87. The standard InChI is InChI=1S/C19H26N4O3S2/c24-18(20-8-3-11-23-9-1-2-10-23)14-4-6-15(7-5-14)21-19-22-16-12-28(25,26)13-17(16)27-19/h4-7,16-17H,1-3,8-13H2,(H,20,24)(H,21,22). The van der Waals surface area contributed by atoms with Gasteiger partial charge < -0.3 is 15.5 Å². The molecule has 152 valence electrons. The number of hydrogen-bond acceptors (Lipinski definition) is 7. The second-order valence-corrected chi connectivity index (χ2v) is 11.0. The molecule has 2 N–H and O–H groups in total. The summed E-state index contributed by atoms with van der Waals surface area (Å²) in [5.41, 5.74) is 1.48. The maximum atomic E-state index is 12.3. The van der Waals surface area contributed by atoms with E-state index in [0.717, 1.165) is 23.8 Å². The van der Waals surface area contributed by atoms with Crippen molar-refractivity contribution in [2.24, 2.45) is 4.99 Å². The maximum absolute atomic E-state index is 12.3. The van der Waals surface area contributed by atoms with Crippen molar-refractivity contribution < 1.29 is 13.2 Å². The van der Waals surface area contributed by atoms with Crippen LogP contribution < -0.4 is 10.6 Å². The molecule has 0 radical (unpaired) electrons. The first-order valence-corrected chi connectivity index (χ1v) is 12.5. The summed E-state index contributed by atoms with van der Waals surface area (Å²) >= 11 is 1.49. The fourth-order valence-corrected chi connectivity index (χ4v) is 7.53. The Labute approximate surface area is 170 Å². The first kappa shape index (κ1) is 19.7. The number of thioether (sulfide) groups is 1. The Morgan fingerprint density at radius 2 is 1.93 bits per heavy atom. The molecule has 7 nitrogen and oxygen atoms in total. The lowest BCUT2D eigenvalue weighted by molar-refractivity contribution is 0.0952. The molecular formula is C19H26N4O3S2. The molecule has 0 bridgehead atoms. The van der Waals surface area contributed by atoms with E-state index in [-0.39, 0.29) is 28.7 Å². The Hall–Kier alpha value is -1.58. The first-order chi connectivity index (χ1) is 13.5. The van der Waals surface area contributed by atoms with Crippen molar-refractivity contribution in [1.29, 1.82) is 0 Å². The van der Waals surface area contributed by atoms with Crippen LogP contribution in [0.2, 0.25) is 0 Å². The number of nitrogens with one attached hydrogen (secondary N) is 2. The molecule has 1 amide bonds. The van der Waals surface area contributed by atoms with E-state index >= 15 is 0 Å². The van der Waals surface area contributed by atoms with Crippen LogP contribution in [0, 0.1) is 0 Å². The van der Waals surface area contributed by atoms with E-state index in [9.17, 15) is 13.2 Å². The Morgan fingerprint density at radius 1 is 1.18 bits per heavy atom. The molecule has 3 aliphatic heterocycles. The summed E-state index contributed by atoms with van der Waals surface area (Å²) in [6.45, 7) is 4.10. The highest BCUT2D eigenvalue weighted by molar-refractivity contribution is 8.15. The van der Waals surface area contributed by atoms with E-state index in [1.165, 1.54) is 37.7 Å². The second-order valence-electron chi connectivity index (χ2n) is 7.60. The lowest BCUT2D eigenvalue weighted by Gasteiger charge is -2.14. The molecular weight excluding hydrogens is 396 g/mol. The average Bonchev–Trinajstić information content (AvgIpc) is 3.34. The number of nitrogens with zero attached hydrogens (tertiary/aromatic N) is 2. The number of amides is 1. The number of carbonyl (C=O) groups excluding carboxylic acids is 1. The van der Waals surface area contributed by atoms with E-state index in [1.807, 2.05) is 12.1 Å². The van der Waals surface area contributed by atoms with Crippen LogP contribution in [0.4, 0.5) is 5.69 Å². The van der Waals surface area contributed by atoms with Crippen LogP contribution in [0.3, 0.4) is 0 Å². The molecule has 28 heavy (non-hydrogen) atoms. The Kier molecular flexibility index (Phi) is 5.93. The molecule has 3 aliphatic rings. The van der Waals surface area contributed by atoms with Gasteiger partial charge >= 0.3 is 0 Å². The van der Waals surface area contributed by atoms with Crippen molar-refractivity contribution in [2.75, 3.05) is 43.0 Å². The van der Waals surface area contributed by atoms with Gasteiger partial charge in [0.15, 0.2) is 15.0 Å². The van der Waals surface area contributed by atoms with E-state index in [0.29, 0.717) is 12.1 Å². The van der Waals surface area contributed by atoms with Crippen molar-refractivity contribution in [3.63, 3.8) is 0 Å². The molecule has 9 heteroatoms. The van der Waals surface area contributed by atoms with Gasteiger partial charge in [-0.3, -0.25) is 9.79 Å². The van der Waals surface area contributed by atoms with Crippen LogP contribution in [-0.2, 0) is 9.84 Å². The van der Waals surface area contributed by atoms with E-state index in [2.05, 4.69) is 20.5 Å². The number of carbonyl (C=O) groups is 1. The molecule has 3 heterocycles. The molecule has 0 aliphatic carbocycles. The number of anilines is 1. The summed E-state index contributed by atoms with van der Waals surface area (Å²) in [4.78, 5) is 19.2. The number of likely N-dealkylation sites (tertiary alicyclic amines) is 1. The molecule has 0 saturated carbocycles. The van der Waals surface area contributed by atoms with Gasteiger partial charge in [0.2, 0.25) is 0 Å². The fraction of sp³-hybridized carbons (Fsp3) is 0.579. The van der Waals surface area contributed by atoms with Crippen LogP contribution in [-0.4, -0.2) is 73.4 Å². The van der Waals surface area contributed by atoms with Gasteiger partial charge in [-0.1, -0.05) is 11.8 Å². The predicted octanol–water partition coefficient (Wildman–Crippen LogP) is 1.58. The highest BCUT2D eigenvalue weighted by atomic mass is 32.2. The molecule has 2 fully saturated rings. The van der Waals surface area contributed by atoms with E-state index in [4.69, 9.17) is 0 Å². The number of amidine groups is 1. The minimum Gasteiger partial charge on any atom is -0.352 e. The van der Waals surface area contributed by atoms with Crippen LogP contribution >= 0.6 is 11.8 Å². The highest BCUT2D eigenvalue weighted by Gasteiger charge is 2.42. The van der Waals surface area contributed by atoms with Crippen LogP contribution in [0.1, 0.15) is 29.6 Å². The molecule has 0 spiro atoms. The fourth-order valence-electron chi connectivity index (χ4n) is 3.86. The van der Waals surface area contributed by atoms with Crippen molar-refractivity contribution in [3.8, 4) is 0 Å². The zero-order chi connectivity index (χ0) is 19.6. The van der Waals surface area contributed by atoms with Crippen molar-refractivity contribution >= 4 is 38.4 Å².